The third-order valence-electron chi connectivity index (χ3n) is 2.84. The minimum atomic E-state index is -1.02. The van der Waals surface area contributed by atoms with E-state index in [2.05, 4.69) is 5.32 Å². The van der Waals surface area contributed by atoms with Gasteiger partial charge in [0, 0.05) is 11.5 Å². The van der Waals surface area contributed by atoms with Crippen LogP contribution in [0.3, 0.4) is 0 Å². The summed E-state index contributed by atoms with van der Waals surface area (Å²) in [7, 11) is 0. The molecule has 0 aliphatic carbocycles. The van der Waals surface area contributed by atoms with E-state index in [0.717, 1.165) is 10.4 Å². The molecule has 7 heteroatoms. The maximum absolute atomic E-state index is 11.8. The maximum atomic E-state index is 11.8. The molecule has 0 atom stereocenters. The number of amides is 1. The van der Waals surface area contributed by atoms with Crippen LogP contribution < -0.4 is 5.32 Å². The van der Waals surface area contributed by atoms with Gasteiger partial charge in [-0.25, -0.2) is 4.79 Å². The molecule has 0 bridgehead atoms. The molecule has 0 radical (unpaired) electrons. The Labute approximate surface area is 128 Å². The van der Waals surface area contributed by atoms with Gasteiger partial charge in [0.15, 0.2) is 0 Å². The van der Waals surface area contributed by atoms with Crippen LogP contribution in [0.1, 0.15) is 34.6 Å². The molecular formula is C14H21NO5S. The van der Waals surface area contributed by atoms with Crippen LogP contribution in [0.15, 0.2) is 0 Å². The van der Waals surface area contributed by atoms with Crippen LogP contribution in [0, 0.1) is 6.92 Å². The molecule has 118 valence electrons. The second kappa shape index (κ2) is 8.76. The maximum Gasteiger partial charge on any atom is 0.339 e. The predicted octanol–water partition coefficient (Wildman–Crippen LogP) is 2.31. The van der Waals surface area contributed by atoms with Crippen molar-refractivity contribution in [3.8, 4) is 0 Å². The molecule has 1 rings (SSSR count). The molecule has 0 aliphatic heterocycles. The SMILES string of the molecule is CCOCCOCC(=O)Nc1sc(C)c(CC)c1C(=O)O. The summed E-state index contributed by atoms with van der Waals surface area (Å²) in [4.78, 5) is 24.0. The third-order valence-corrected chi connectivity index (χ3v) is 3.90. The fourth-order valence-electron chi connectivity index (χ4n) is 1.91. The molecule has 2 N–H and O–H groups in total. The van der Waals surface area contributed by atoms with Crippen molar-refractivity contribution in [2.45, 2.75) is 27.2 Å². The number of carboxylic acids is 1. The van der Waals surface area contributed by atoms with Crippen LogP contribution in [0.5, 0.6) is 0 Å². The molecule has 0 aliphatic rings. The van der Waals surface area contributed by atoms with Crippen LogP contribution in [0.4, 0.5) is 5.00 Å². The number of aryl methyl sites for hydroxylation is 1. The topological polar surface area (TPSA) is 84.9 Å². The Balaban J connectivity index is 2.62. The fraction of sp³-hybridized carbons (Fsp3) is 0.571. The van der Waals surface area contributed by atoms with Crippen molar-refractivity contribution in [3.05, 3.63) is 16.0 Å². The van der Waals surface area contributed by atoms with E-state index in [-0.39, 0.29) is 18.1 Å². The van der Waals surface area contributed by atoms with E-state index in [9.17, 15) is 14.7 Å². The van der Waals surface area contributed by atoms with Crippen LogP contribution in [-0.4, -0.2) is 43.4 Å². The molecule has 0 unspecified atom stereocenters. The van der Waals surface area contributed by atoms with E-state index >= 15 is 0 Å². The first-order chi connectivity index (χ1) is 10.0. The smallest absolute Gasteiger partial charge is 0.339 e. The van der Waals surface area contributed by atoms with Crippen LogP contribution >= 0.6 is 11.3 Å². The van der Waals surface area contributed by atoms with Gasteiger partial charge in [0.05, 0.1) is 18.8 Å². The van der Waals surface area contributed by atoms with Gasteiger partial charge in [-0.2, -0.15) is 0 Å². The number of thiophene rings is 1. The van der Waals surface area contributed by atoms with Gasteiger partial charge in [-0.1, -0.05) is 6.92 Å². The first-order valence-electron chi connectivity index (χ1n) is 6.82. The van der Waals surface area contributed by atoms with Crippen molar-refractivity contribution >= 4 is 28.2 Å². The van der Waals surface area contributed by atoms with Crippen LogP contribution in [0.2, 0.25) is 0 Å². The average molecular weight is 315 g/mol. The van der Waals surface area contributed by atoms with E-state index in [4.69, 9.17) is 9.47 Å². The second-order valence-corrected chi connectivity index (χ2v) is 5.52. The number of rotatable bonds is 9. The first-order valence-corrected chi connectivity index (χ1v) is 7.63. The van der Waals surface area contributed by atoms with Gasteiger partial charge in [-0.15, -0.1) is 11.3 Å². The number of aromatic carboxylic acids is 1. The monoisotopic (exact) mass is 315 g/mol. The lowest BCUT2D eigenvalue weighted by molar-refractivity contribution is -0.121. The minimum Gasteiger partial charge on any atom is -0.478 e. The molecule has 1 heterocycles. The standard InChI is InChI=1S/C14H21NO5S/c1-4-10-9(3)21-13(12(10)14(17)18)15-11(16)8-20-7-6-19-5-2/h4-8H2,1-3H3,(H,15,16)(H,17,18). The van der Waals surface area contributed by atoms with Crippen LogP contribution in [0.25, 0.3) is 0 Å². The summed E-state index contributed by atoms with van der Waals surface area (Å²) < 4.78 is 10.2. The van der Waals surface area contributed by atoms with E-state index in [1.165, 1.54) is 11.3 Å². The number of carbonyl (C=O) groups excluding carboxylic acids is 1. The average Bonchev–Trinajstić information content (AvgIpc) is 2.74. The highest BCUT2D eigenvalue weighted by Gasteiger charge is 2.21. The number of ether oxygens (including phenoxy) is 2. The van der Waals surface area contributed by atoms with Crippen molar-refractivity contribution in [2.24, 2.45) is 0 Å². The van der Waals surface area contributed by atoms with Gasteiger partial charge >= 0.3 is 5.97 Å². The first kappa shape index (κ1) is 17.6. The van der Waals surface area contributed by atoms with Crippen molar-refractivity contribution in [1.29, 1.82) is 0 Å². The summed E-state index contributed by atoms with van der Waals surface area (Å²) in [6.07, 6.45) is 0.616. The van der Waals surface area contributed by atoms with Crippen molar-refractivity contribution < 1.29 is 24.2 Å². The molecule has 1 aromatic rings. The molecule has 0 saturated heterocycles. The van der Waals surface area contributed by atoms with E-state index in [1.54, 1.807) is 0 Å². The molecule has 0 fully saturated rings. The van der Waals surface area contributed by atoms with E-state index in [1.807, 2.05) is 20.8 Å². The summed E-state index contributed by atoms with van der Waals surface area (Å²) in [5, 5.41) is 12.3. The lowest BCUT2D eigenvalue weighted by Gasteiger charge is -2.06. The fourth-order valence-corrected chi connectivity index (χ4v) is 3.06. The zero-order valence-electron chi connectivity index (χ0n) is 12.5. The normalized spacial score (nSPS) is 10.6. The quantitative estimate of drug-likeness (QED) is 0.683. The molecular weight excluding hydrogens is 294 g/mol. The molecule has 21 heavy (non-hydrogen) atoms. The Hall–Kier alpha value is -1.44. The Morgan fingerprint density at radius 3 is 2.48 bits per heavy atom. The number of hydrogen-bond donors (Lipinski definition) is 2. The molecule has 0 aromatic carbocycles. The summed E-state index contributed by atoms with van der Waals surface area (Å²) >= 11 is 1.28. The van der Waals surface area contributed by atoms with Crippen molar-refractivity contribution in [2.75, 3.05) is 31.7 Å². The Morgan fingerprint density at radius 2 is 1.90 bits per heavy atom. The largest absolute Gasteiger partial charge is 0.478 e. The third kappa shape index (κ3) is 5.11. The highest BCUT2D eigenvalue weighted by atomic mass is 32.1. The Kier molecular flexibility index (Phi) is 7.35. The predicted molar refractivity (Wildman–Crippen MR) is 81.3 cm³/mol. The molecule has 0 saturated carbocycles. The Morgan fingerprint density at radius 1 is 1.24 bits per heavy atom. The summed E-state index contributed by atoms with van der Waals surface area (Å²) in [5.41, 5.74) is 0.947. The van der Waals surface area contributed by atoms with E-state index < -0.39 is 5.97 Å². The Bertz CT molecular complexity index is 498. The van der Waals surface area contributed by atoms with Gasteiger partial charge in [-0.05, 0) is 25.8 Å². The molecule has 1 aromatic heterocycles. The van der Waals surface area contributed by atoms with Gasteiger partial charge in [0.2, 0.25) is 0 Å². The summed E-state index contributed by atoms with van der Waals surface area (Å²) in [6.45, 7) is 6.87. The van der Waals surface area contributed by atoms with E-state index in [0.29, 0.717) is 31.2 Å². The zero-order chi connectivity index (χ0) is 15.8. The molecule has 6 nitrogen and oxygen atoms in total. The number of hydrogen-bond acceptors (Lipinski definition) is 5. The zero-order valence-corrected chi connectivity index (χ0v) is 13.3. The van der Waals surface area contributed by atoms with Gasteiger partial charge < -0.3 is 19.9 Å². The van der Waals surface area contributed by atoms with Gasteiger partial charge in [0.25, 0.3) is 5.91 Å². The number of carboxylic acid groups (broad SMARTS) is 1. The van der Waals surface area contributed by atoms with Crippen LogP contribution in [-0.2, 0) is 20.7 Å². The minimum absolute atomic E-state index is 0.120. The highest BCUT2D eigenvalue weighted by Crippen LogP contribution is 2.33. The lowest BCUT2D eigenvalue weighted by atomic mass is 10.1. The van der Waals surface area contributed by atoms with Crippen molar-refractivity contribution in [3.63, 3.8) is 0 Å². The van der Waals surface area contributed by atoms with Crippen molar-refractivity contribution in [1.82, 2.24) is 0 Å². The second-order valence-electron chi connectivity index (χ2n) is 4.30. The molecule has 1 amide bonds. The molecule has 0 spiro atoms. The summed E-state index contributed by atoms with van der Waals surface area (Å²) in [6, 6.07) is 0. The number of carbonyl (C=O) groups is 2. The number of nitrogens with one attached hydrogen (secondary N) is 1. The highest BCUT2D eigenvalue weighted by molar-refractivity contribution is 7.16. The van der Waals surface area contributed by atoms with Gasteiger partial charge in [0.1, 0.15) is 11.6 Å². The summed E-state index contributed by atoms with van der Waals surface area (Å²) in [5.74, 6) is -1.39. The lowest BCUT2D eigenvalue weighted by Crippen LogP contribution is -2.20. The van der Waals surface area contributed by atoms with Gasteiger partial charge in [-0.3, -0.25) is 4.79 Å². The number of anilines is 1.